The third kappa shape index (κ3) is 4.06. The van der Waals surface area contributed by atoms with Crippen molar-refractivity contribution < 1.29 is 27.4 Å². The Morgan fingerprint density at radius 2 is 2.03 bits per heavy atom. The number of hydrogen-bond donors (Lipinski definition) is 0. The number of alkyl halides is 3. The fourth-order valence-corrected chi connectivity index (χ4v) is 3.08. The lowest BCUT2D eigenvalue weighted by Gasteiger charge is -2.28. The third-order valence-electron chi connectivity index (χ3n) is 5.02. The van der Waals surface area contributed by atoms with E-state index in [1.165, 1.54) is 24.3 Å². The Morgan fingerprint density at radius 3 is 2.62 bits per heavy atom. The van der Waals surface area contributed by atoms with Crippen LogP contribution in [0.5, 0.6) is 11.8 Å². The molecule has 2 aromatic rings. The largest absolute Gasteiger partial charge is 0.490 e. The third-order valence-corrected chi connectivity index (χ3v) is 5.02. The predicted molar refractivity (Wildman–Crippen MR) is 96.8 cm³/mol. The van der Waals surface area contributed by atoms with Crippen LogP contribution in [0.1, 0.15) is 37.2 Å². The first-order valence-electron chi connectivity index (χ1n) is 9.07. The van der Waals surface area contributed by atoms with Crippen LogP contribution in [0.15, 0.2) is 24.3 Å². The van der Waals surface area contributed by atoms with Gasteiger partial charge in [-0.1, -0.05) is 12.1 Å². The van der Waals surface area contributed by atoms with Gasteiger partial charge in [-0.05, 0) is 38.0 Å². The van der Waals surface area contributed by atoms with Gasteiger partial charge in [0.2, 0.25) is 0 Å². The molecule has 6 nitrogen and oxygen atoms in total. The molecule has 3 rings (SSSR count). The van der Waals surface area contributed by atoms with Crippen molar-refractivity contribution in [1.82, 2.24) is 9.55 Å². The molecule has 0 saturated heterocycles. The van der Waals surface area contributed by atoms with E-state index in [2.05, 4.69) is 4.98 Å². The molecule has 2 heterocycles. The van der Waals surface area contributed by atoms with E-state index in [-0.39, 0.29) is 30.4 Å². The zero-order valence-electron chi connectivity index (χ0n) is 16.0. The van der Waals surface area contributed by atoms with Gasteiger partial charge in [-0.3, -0.25) is 4.57 Å². The minimum absolute atomic E-state index is 0.151. The van der Waals surface area contributed by atoms with E-state index < -0.39 is 11.6 Å². The highest BCUT2D eigenvalue weighted by Crippen LogP contribution is 2.40. The number of halogens is 3. The SMILES string of the molecule is CC(C)(c1ccc(OC[C@@H]2Cn3c(nc(C#N)c3CCC=O)O2)cc1)C(F)(F)F. The van der Waals surface area contributed by atoms with Gasteiger partial charge in [-0.2, -0.15) is 23.4 Å². The molecular weight excluding hydrogens is 387 g/mol. The van der Waals surface area contributed by atoms with Crippen molar-refractivity contribution in [2.24, 2.45) is 0 Å². The molecule has 0 saturated carbocycles. The monoisotopic (exact) mass is 407 g/mol. The average molecular weight is 407 g/mol. The number of carbonyl (C=O) groups is 1. The highest BCUT2D eigenvalue weighted by atomic mass is 19.4. The van der Waals surface area contributed by atoms with E-state index in [4.69, 9.17) is 14.7 Å². The number of benzene rings is 1. The van der Waals surface area contributed by atoms with E-state index in [1.807, 2.05) is 6.07 Å². The summed E-state index contributed by atoms with van der Waals surface area (Å²) in [7, 11) is 0. The second-order valence-corrected chi connectivity index (χ2v) is 7.32. The van der Waals surface area contributed by atoms with E-state index in [0.717, 1.165) is 20.1 Å². The van der Waals surface area contributed by atoms with E-state index in [9.17, 15) is 18.0 Å². The topological polar surface area (TPSA) is 77.1 Å². The van der Waals surface area contributed by atoms with Crippen LogP contribution in [0, 0.1) is 11.3 Å². The number of rotatable bonds is 7. The highest BCUT2D eigenvalue weighted by Gasteiger charge is 2.48. The number of aldehydes is 1. The Hall–Kier alpha value is -3.02. The van der Waals surface area contributed by atoms with Gasteiger partial charge < -0.3 is 14.3 Å². The molecule has 1 aliphatic rings. The van der Waals surface area contributed by atoms with Gasteiger partial charge in [0.1, 0.15) is 24.7 Å². The van der Waals surface area contributed by atoms with Crippen molar-refractivity contribution in [2.75, 3.05) is 6.61 Å². The number of ether oxygens (including phenoxy) is 2. The van der Waals surface area contributed by atoms with E-state index >= 15 is 0 Å². The Bertz CT molecular complexity index is 927. The van der Waals surface area contributed by atoms with Crippen molar-refractivity contribution in [3.63, 3.8) is 0 Å². The standard InChI is InChI=1S/C20H20F3N3O3/c1-19(2,20(21,22)23)13-5-7-14(8-6-13)28-12-15-11-26-17(4-3-9-27)16(10-24)25-18(26)29-15/h5-9,15H,3-4,11-12H2,1-2H3/t15-/m0/s1. The predicted octanol–water partition coefficient (Wildman–Crippen LogP) is 3.57. The molecule has 9 heteroatoms. The molecule has 0 bridgehead atoms. The number of aromatic nitrogens is 2. The van der Waals surface area contributed by atoms with Crippen LogP contribution >= 0.6 is 0 Å². The minimum Gasteiger partial charge on any atom is -0.490 e. The summed E-state index contributed by atoms with van der Waals surface area (Å²) >= 11 is 0. The Morgan fingerprint density at radius 1 is 1.34 bits per heavy atom. The van der Waals surface area contributed by atoms with Gasteiger partial charge in [-0.15, -0.1) is 0 Å². The summed E-state index contributed by atoms with van der Waals surface area (Å²) in [4.78, 5) is 14.8. The molecule has 1 atom stereocenters. The van der Waals surface area contributed by atoms with Crippen LogP contribution in [0.25, 0.3) is 0 Å². The van der Waals surface area contributed by atoms with Crippen LogP contribution < -0.4 is 9.47 Å². The van der Waals surface area contributed by atoms with Crippen molar-refractivity contribution in [1.29, 1.82) is 5.26 Å². The maximum Gasteiger partial charge on any atom is 0.397 e. The van der Waals surface area contributed by atoms with Crippen LogP contribution in [0.4, 0.5) is 13.2 Å². The molecule has 0 radical (unpaired) electrons. The summed E-state index contributed by atoms with van der Waals surface area (Å²) < 4.78 is 52.5. The molecule has 0 N–H and O–H groups in total. The zero-order valence-corrected chi connectivity index (χ0v) is 16.0. The molecule has 1 aromatic heterocycles. The first-order valence-corrected chi connectivity index (χ1v) is 9.07. The zero-order chi connectivity index (χ0) is 21.2. The number of carbonyl (C=O) groups excluding carboxylic acids is 1. The van der Waals surface area contributed by atoms with Crippen LogP contribution in [0.2, 0.25) is 0 Å². The van der Waals surface area contributed by atoms with Gasteiger partial charge in [0.25, 0.3) is 6.01 Å². The molecule has 0 fully saturated rings. The highest BCUT2D eigenvalue weighted by molar-refractivity contribution is 5.50. The fourth-order valence-electron chi connectivity index (χ4n) is 3.08. The maximum absolute atomic E-state index is 13.1. The van der Waals surface area contributed by atoms with E-state index in [0.29, 0.717) is 30.4 Å². The number of nitriles is 1. The lowest BCUT2D eigenvalue weighted by molar-refractivity contribution is -0.180. The van der Waals surface area contributed by atoms with Gasteiger partial charge in [-0.25, -0.2) is 0 Å². The summed E-state index contributed by atoms with van der Waals surface area (Å²) in [6.45, 7) is 2.85. The lowest BCUT2D eigenvalue weighted by atomic mass is 9.84. The number of nitrogens with zero attached hydrogens (tertiary/aromatic N) is 3. The van der Waals surface area contributed by atoms with Gasteiger partial charge in [0.15, 0.2) is 11.8 Å². The minimum atomic E-state index is -4.35. The molecule has 0 aliphatic carbocycles. The Balaban J connectivity index is 1.62. The fraction of sp³-hybridized carbons (Fsp3) is 0.450. The maximum atomic E-state index is 13.1. The summed E-state index contributed by atoms with van der Waals surface area (Å²) in [6.07, 6.45) is -3.25. The first kappa shape index (κ1) is 20.7. The molecule has 1 aromatic carbocycles. The molecule has 154 valence electrons. The number of imidazole rings is 1. The first-order chi connectivity index (χ1) is 13.7. The second-order valence-electron chi connectivity index (χ2n) is 7.32. The summed E-state index contributed by atoms with van der Waals surface area (Å²) in [5.41, 5.74) is -0.913. The number of fused-ring (bicyclic) bond motifs is 1. The molecular formula is C20H20F3N3O3. The van der Waals surface area contributed by atoms with Gasteiger partial charge >= 0.3 is 6.18 Å². The van der Waals surface area contributed by atoms with Crippen LogP contribution in [0.3, 0.4) is 0 Å². The van der Waals surface area contributed by atoms with Crippen molar-refractivity contribution in [3.05, 3.63) is 41.2 Å². The smallest absolute Gasteiger partial charge is 0.397 e. The van der Waals surface area contributed by atoms with Crippen LogP contribution in [-0.4, -0.2) is 34.7 Å². The Kier molecular flexibility index (Phi) is 5.55. The molecule has 0 spiro atoms. The number of hydrogen-bond acceptors (Lipinski definition) is 5. The second kappa shape index (κ2) is 7.78. The average Bonchev–Trinajstić information content (AvgIpc) is 3.21. The normalized spacial score (nSPS) is 16.1. The lowest BCUT2D eigenvalue weighted by Crippen LogP contribution is -2.36. The Labute approximate surface area is 165 Å². The summed E-state index contributed by atoms with van der Waals surface area (Å²) in [5.74, 6) is 0.429. The summed E-state index contributed by atoms with van der Waals surface area (Å²) in [6, 6.07) is 8.10. The van der Waals surface area contributed by atoms with E-state index in [1.54, 1.807) is 4.57 Å². The quantitative estimate of drug-likeness (QED) is 0.656. The van der Waals surface area contributed by atoms with Crippen LogP contribution in [-0.2, 0) is 23.2 Å². The molecule has 1 aliphatic heterocycles. The van der Waals surface area contributed by atoms with Gasteiger partial charge in [0, 0.05) is 6.42 Å². The van der Waals surface area contributed by atoms with Crippen molar-refractivity contribution >= 4 is 6.29 Å². The van der Waals surface area contributed by atoms with Crippen molar-refractivity contribution in [2.45, 2.75) is 50.9 Å². The summed E-state index contributed by atoms with van der Waals surface area (Å²) in [5, 5.41) is 9.16. The van der Waals surface area contributed by atoms with Gasteiger partial charge in [0.05, 0.1) is 17.7 Å². The van der Waals surface area contributed by atoms with Crippen molar-refractivity contribution in [3.8, 4) is 17.8 Å². The molecule has 0 amide bonds. The molecule has 29 heavy (non-hydrogen) atoms. The molecule has 0 unspecified atom stereocenters.